The summed E-state index contributed by atoms with van der Waals surface area (Å²) in [7, 11) is 3.97. The first-order chi connectivity index (χ1) is 8.16. The maximum atomic E-state index is 11.8. The minimum atomic E-state index is -0.0247. The van der Waals surface area contributed by atoms with Gasteiger partial charge in [0.05, 0.1) is 0 Å². The van der Waals surface area contributed by atoms with Crippen molar-refractivity contribution in [1.82, 2.24) is 15.2 Å². The van der Waals surface area contributed by atoms with Gasteiger partial charge in [-0.3, -0.25) is 4.79 Å². The predicted molar refractivity (Wildman–Crippen MR) is 69.2 cm³/mol. The van der Waals surface area contributed by atoms with Gasteiger partial charge < -0.3 is 15.2 Å². The number of rotatable bonds is 4. The second kappa shape index (κ2) is 5.01. The number of carbonyl (C=O) groups excluding carboxylic acids is 1. The monoisotopic (exact) mass is 231 g/mol. The number of likely N-dealkylation sites (N-methyl/N-ethyl adjacent to an activating group) is 1. The molecule has 0 radical (unpaired) electrons. The van der Waals surface area contributed by atoms with E-state index < -0.39 is 0 Å². The second-order valence-electron chi connectivity index (χ2n) is 4.34. The Kier molecular flexibility index (Phi) is 3.44. The molecule has 4 nitrogen and oxygen atoms in total. The minimum absolute atomic E-state index is 0.0247. The van der Waals surface area contributed by atoms with Gasteiger partial charge in [-0.1, -0.05) is 6.07 Å². The quantitative estimate of drug-likeness (QED) is 0.837. The van der Waals surface area contributed by atoms with Gasteiger partial charge in [-0.2, -0.15) is 0 Å². The largest absolute Gasteiger partial charge is 0.361 e. The lowest BCUT2D eigenvalue weighted by atomic mass is 10.1. The molecule has 0 bridgehead atoms. The maximum absolute atomic E-state index is 11.8. The molecule has 1 heterocycles. The zero-order valence-electron chi connectivity index (χ0n) is 10.2. The number of H-pyrrole nitrogens is 1. The molecule has 0 aliphatic rings. The first-order valence-corrected chi connectivity index (χ1v) is 5.67. The van der Waals surface area contributed by atoms with Gasteiger partial charge in [0, 0.05) is 30.4 Å². The van der Waals surface area contributed by atoms with Crippen LogP contribution in [0.5, 0.6) is 0 Å². The molecule has 0 saturated carbocycles. The SMILES string of the molecule is CN(C)CCNC(=O)c1ccc2cc[nH]c2c1. The molecule has 17 heavy (non-hydrogen) atoms. The highest BCUT2D eigenvalue weighted by Crippen LogP contribution is 2.13. The summed E-state index contributed by atoms with van der Waals surface area (Å²) in [4.78, 5) is 17.0. The van der Waals surface area contributed by atoms with Crippen LogP contribution in [0.4, 0.5) is 0 Å². The molecule has 4 heteroatoms. The Morgan fingerprint density at radius 3 is 2.94 bits per heavy atom. The normalized spacial score (nSPS) is 11.0. The van der Waals surface area contributed by atoms with Gasteiger partial charge in [-0.25, -0.2) is 0 Å². The number of carbonyl (C=O) groups is 1. The van der Waals surface area contributed by atoms with E-state index in [9.17, 15) is 4.79 Å². The third-order valence-electron chi connectivity index (χ3n) is 2.66. The van der Waals surface area contributed by atoms with Crippen LogP contribution >= 0.6 is 0 Å². The second-order valence-corrected chi connectivity index (χ2v) is 4.34. The Labute approximate surface area is 101 Å². The van der Waals surface area contributed by atoms with E-state index in [2.05, 4.69) is 10.3 Å². The number of aromatic nitrogens is 1. The molecular formula is C13H17N3O. The summed E-state index contributed by atoms with van der Waals surface area (Å²) in [5, 5.41) is 4.01. The number of benzene rings is 1. The Morgan fingerprint density at radius 1 is 1.35 bits per heavy atom. The molecule has 1 aromatic carbocycles. The van der Waals surface area contributed by atoms with Crippen molar-refractivity contribution >= 4 is 16.8 Å². The Bertz CT molecular complexity index is 516. The highest BCUT2D eigenvalue weighted by molar-refractivity contribution is 5.97. The zero-order chi connectivity index (χ0) is 12.3. The average molecular weight is 231 g/mol. The molecule has 2 aromatic rings. The van der Waals surface area contributed by atoms with E-state index in [0.717, 1.165) is 17.4 Å². The highest BCUT2D eigenvalue weighted by Gasteiger charge is 2.06. The average Bonchev–Trinajstić information content (AvgIpc) is 2.75. The van der Waals surface area contributed by atoms with Crippen molar-refractivity contribution in [2.75, 3.05) is 27.2 Å². The van der Waals surface area contributed by atoms with Crippen LogP contribution in [0, 0.1) is 0 Å². The molecule has 2 N–H and O–H groups in total. The molecule has 0 atom stereocenters. The van der Waals surface area contributed by atoms with Gasteiger partial charge in [0.15, 0.2) is 0 Å². The maximum Gasteiger partial charge on any atom is 0.251 e. The lowest BCUT2D eigenvalue weighted by Gasteiger charge is -2.10. The summed E-state index contributed by atoms with van der Waals surface area (Å²) in [6, 6.07) is 7.66. The summed E-state index contributed by atoms with van der Waals surface area (Å²) in [6.45, 7) is 1.51. The number of fused-ring (bicyclic) bond motifs is 1. The number of nitrogens with zero attached hydrogens (tertiary/aromatic N) is 1. The van der Waals surface area contributed by atoms with Crippen molar-refractivity contribution < 1.29 is 4.79 Å². The fourth-order valence-electron chi connectivity index (χ4n) is 1.68. The number of hydrogen-bond donors (Lipinski definition) is 2. The molecule has 0 saturated heterocycles. The highest BCUT2D eigenvalue weighted by atomic mass is 16.1. The fourth-order valence-corrected chi connectivity index (χ4v) is 1.68. The van der Waals surface area contributed by atoms with Crippen molar-refractivity contribution in [2.45, 2.75) is 0 Å². The van der Waals surface area contributed by atoms with Crippen molar-refractivity contribution in [3.8, 4) is 0 Å². The minimum Gasteiger partial charge on any atom is -0.361 e. The van der Waals surface area contributed by atoms with Gasteiger partial charge in [0.25, 0.3) is 5.91 Å². The first kappa shape index (κ1) is 11.7. The first-order valence-electron chi connectivity index (χ1n) is 5.67. The molecule has 0 aliphatic carbocycles. The predicted octanol–water partition coefficient (Wildman–Crippen LogP) is 1.46. The van der Waals surface area contributed by atoms with E-state index in [4.69, 9.17) is 0 Å². The van der Waals surface area contributed by atoms with Crippen molar-refractivity contribution in [3.63, 3.8) is 0 Å². The van der Waals surface area contributed by atoms with Gasteiger partial charge in [-0.05, 0) is 37.7 Å². The summed E-state index contributed by atoms with van der Waals surface area (Å²) in [6.07, 6.45) is 1.87. The molecule has 2 rings (SSSR count). The molecule has 1 aromatic heterocycles. The standard InChI is InChI=1S/C13H17N3O/c1-16(2)8-7-15-13(17)11-4-3-10-5-6-14-12(10)9-11/h3-6,9,14H,7-8H2,1-2H3,(H,15,17). The van der Waals surface area contributed by atoms with Crippen molar-refractivity contribution in [3.05, 3.63) is 36.0 Å². The molecule has 0 spiro atoms. The van der Waals surface area contributed by atoms with Crippen LogP contribution in [0.15, 0.2) is 30.5 Å². The number of aromatic amines is 1. The van der Waals surface area contributed by atoms with Crippen molar-refractivity contribution in [1.29, 1.82) is 0 Å². The topological polar surface area (TPSA) is 48.1 Å². The van der Waals surface area contributed by atoms with Gasteiger partial charge in [0.1, 0.15) is 0 Å². The molecule has 0 unspecified atom stereocenters. The van der Waals surface area contributed by atoms with Crippen LogP contribution in [-0.2, 0) is 0 Å². The van der Waals surface area contributed by atoms with Crippen LogP contribution in [0.25, 0.3) is 10.9 Å². The molecule has 0 aliphatic heterocycles. The van der Waals surface area contributed by atoms with Crippen LogP contribution < -0.4 is 5.32 Å². The Balaban J connectivity index is 2.03. The van der Waals surface area contributed by atoms with Gasteiger partial charge in [0.2, 0.25) is 0 Å². The van der Waals surface area contributed by atoms with E-state index in [0.29, 0.717) is 12.1 Å². The Hall–Kier alpha value is -1.81. The van der Waals surface area contributed by atoms with Crippen LogP contribution in [0.2, 0.25) is 0 Å². The zero-order valence-corrected chi connectivity index (χ0v) is 10.2. The number of amides is 1. The third-order valence-corrected chi connectivity index (χ3v) is 2.66. The number of hydrogen-bond acceptors (Lipinski definition) is 2. The summed E-state index contributed by atoms with van der Waals surface area (Å²) < 4.78 is 0. The number of nitrogens with one attached hydrogen (secondary N) is 2. The molecule has 0 fully saturated rings. The van der Waals surface area contributed by atoms with Crippen molar-refractivity contribution in [2.24, 2.45) is 0 Å². The molecule has 90 valence electrons. The van der Waals surface area contributed by atoms with Crippen LogP contribution in [0.3, 0.4) is 0 Å². The van der Waals surface area contributed by atoms with E-state index >= 15 is 0 Å². The van der Waals surface area contributed by atoms with Crippen LogP contribution in [-0.4, -0.2) is 43.0 Å². The molecular weight excluding hydrogens is 214 g/mol. The van der Waals surface area contributed by atoms with Gasteiger partial charge in [-0.15, -0.1) is 0 Å². The summed E-state index contributed by atoms with van der Waals surface area (Å²) in [5.41, 5.74) is 1.68. The van der Waals surface area contributed by atoms with E-state index in [1.165, 1.54) is 0 Å². The van der Waals surface area contributed by atoms with E-state index in [1.54, 1.807) is 0 Å². The van der Waals surface area contributed by atoms with Crippen LogP contribution in [0.1, 0.15) is 10.4 Å². The Morgan fingerprint density at radius 2 is 2.18 bits per heavy atom. The van der Waals surface area contributed by atoms with E-state index in [-0.39, 0.29) is 5.91 Å². The molecule has 1 amide bonds. The lowest BCUT2D eigenvalue weighted by Crippen LogP contribution is -2.31. The summed E-state index contributed by atoms with van der Waals surface area (Å²) in [5.74, 6) is -0.0247. The smallest absolute Gasteiger partial charge is 0.251 e. The van der Waals surface area contributed by atoms with Gasteiger partial charge >= 0.3 is 0 Å². The summed E-state index contributed by atoms with van der Waals surface area (Å²) >= 11 is 0. The lowest BCUT2D eigenvalue weighted by molar-refractivity contribution is 0.0951. The fraction of sp³-hybridized carbons (Fsp3) is 0.308. The third kappa shape index (κ3) is 2.85. The van der Waals surface area contributed by atoms with E-state index in [1.807, 2.05) is 49.5 Å².